The maximum atomic E-state index is 13.4. The highest BCUT2D eigenvalue weighted by Crippen LogP contribution is 2.26. The molecular formula is C26H27ClN2O2. The normalized spacial score (nSPS) is 11.7. The van der Waals surface area contributed by atoms with Crippen molar-refractivity contribution in [3.63, 3.8) is 0 Å². The zero-order chi connectivity index (χ0) is 22.2. The van der Waals surface area contributed by atoms with E-state index in [4.69, 9.17) is 11.6 Å². The number of halogens is 1. The molecule has 0 radical (unpaired) electrons. The summed E-state index contributed by atoms with van der Waals surface area (Å²) in [5.74, 6) is -0.562. The molecule has 31 heavy (non-hydrogen) atoms. The molecule has 0 saturated heterocycles. The van der Waals surface area contributed by atoms with Crippen LogP contribution in [0, 0.1) is 5.92 Å². The maximum Gasteiger partial charge on any atom is 0.247 e. The fraction of sp³-hybridized carbons (Fsp3) is 0.231. The molecule has 0 aliphatic heterocycles. The number of rotatable bonds is 8. The molecule has 2 amide bonds. The van der Waals surface area contributed by atoms with Gasteiger partial charge in [-0.3, -0.25) is 9.59 Å². The average Bonchev–Trinajstić information content (AvgIpc) is 2.79. The fourth-order valence-corrected chi connectivity index (χ4v) is 3.64. The predicted molar refractivity (Wildman–Crippen MR) is 124 cm³/mol. The van der Waals surface area contributed by atoms with Crippen molar-refractivity contribution in [2.24, 2.45) is 5.92 Å². The highest BCUT2D eigenvalue weighted by molar-refractivity contribution is 6.31. The number of nitrogens with zero attached hydrogens (tertiary/aromatic N) is 1. The van der Waals surface area contributed by atoms with Crippen LogP contribution in [0.15, 0.2) is 84.9 Å². The van der Waals surface area contributed by atoms with Crippen LogP contribution >= 0.6 is 11.6 Å². The Bertz CT molecular complexity index is 1010. The smallest absolute Gasteiger partial charge is 0.247 e. The van der Waals surface area contributed by atoms with Gasteiger partial charge in [-0.15, -0.1) is 0 Å². The van der Waals surface area contributed by atoms with E-state index in [-0.39, 0.29) is 24.3 Å². The largest absolute Gasteiger partial charge is 0.350 e. The van der Waals surface area contributed by atoms with E-state index in [9.17, 15) is 9.59 Å². The van der Waals surface area contributed by atoms with E-state index in [0.717, 1.165) is 16.7 Å². The molecule has 0 aromatic heterocycles. The molecule has 5 heteroatoms. The third-order valence-corrected chi connectivity index (χ3v) is 5.43. The number of carbonyl (C=O) groups is 2. The van der Waals surface area contributed by atoms with Gasteiger partial charge < -0.3 is 10.2 Å². The van der Waals surface area contributed by atoms with Gasteiger partial charge in [0, 0.05) is 24.0 Å². The van der Waals surface area contributed by atoms with E-state index in [2.05, 4.69) is 5.32 Å². The van der Waals surface area contributed by atoms with Gasteiger partial charge in [-0.25, -0.2) is 0 Å². The topological polar surface area (TPSA) is 49.4 Å². The van der Waals surface area contributed by atoms with Gasteiger partial charge in [-0.2, -0.15) is 0 Å². The quantitative estimate of drug-likeness (QED) is 0.517. The molecule has 0 bridgehead atoms. The first kappa shape index (κ1) is 22.6. The Hall–Kier alpha value is -3.11. The van der Waals surface area contributed by atoms with Gasteiger partial charge >= 0.3 is 0 Å². The number of nitrogens with one attached hydrogen (secondary N) is 1. The van der Waals surface area contributed by atoms with Crippen LogP contribution in [0.3, 0.4) is 0 Å². The molecule has 3 aromatic carbocycles. The van der Waals surface area contributed by atoms with Crippen molar-refractivity contribution in [1.82, 2.24) is 10.2 Å². The summed E-state index contributed by atoms with van der Waals surface area (Å²) in [5.41, 5.74) is 2.56. The Morgan fingerprint density at radius 3 is 2.06 bits per heavy atom. The lowest BCUT2D eigenvalue weighted by Gasteiger charge is -2.33. The highest BCUT2D eigenvalue weighted by atomic mass is 35.5. The van der Waals surface area contributed by atoms with Crippen molar-refractivity contribution in [1.29, 1.82) is 0 Å². The summed E-state index contributed by atoms with van der Waals surface area (Å²) in [5, 5.41) is 3.58. The summed E-state index contributed by atoms with van der Waals surface area (Å²) in [4.78, 5) is 28.3. The maximum absolute atomic E-state index is 13.4. The molecule has 0 unspecified atom stereocenters. The standard InChI is InChI=1S/C26H27ClN2O2/c1-19(2)26(31)29(18-20-11-5-3-6-12-20)24(21-13-7-4-8-14-21)25(30)28-17-22-15-9-10-16-23(22)27/h3-16,19,24H,17-18H2,1-2H3,(H,28,30)/t24-/m0/s1. The summed E-state index contributed by atoms with van der Waals surface area (Å²) < 4.78 is 0. The fourth-order valence-electron chi connectivity index (χ4n) is 3.44. The Morgan fingerprint density at radius 2 is 1.45 bits per heavy atom. The Balaban J connectivity index is 1.93. The number of amides is 2. The zero-order valence-electron chi connectivity index (χ0n) is 17.8. The Morgan fingerprint density at radius 1 is 0.871 bits per heavy atom. The first-order chi connectivity index (χ1) is 15.0. The molecule has 1 N–H and O–H groups in total. The van der Waals surface area contributed by atoms with Crippen LogP contribution in [0.2, 0.25) is 5.02 Å². The highest BCUT2D eigenvalue weighted by Gasteiger charge is 2.32. The lowest BCUT2D eigenvalue weighted by molar-refractivity contribution is -0.144. The van der Waals surface area contributed by atoms with E-state index < -0.39 is 6.04 Å². The van der Waals surface area contributed by atoms with Gasteiger partial charge in [0.25, 0.3) is 0 Å². The lowest BCUT2D eigenvalue weighted by Crippen LogP contribution is -2.44. The van der Waals surface area contributed by atoms with Crippen LogP contribution in [0.4, 0.5) is 0 Å². The van der Waals surface area contributed by atoms with Gasteiger partial charge in [-0.1, -0.05) is 104 Å². The number of hydrogen-bond acceptors (Lipinski definition) is 2. The van der Waals surface area contributed by atoms with Crippen molar-refractivity contribution in [3.8, 4) is 0 Å². The second-order valence-corrected chi connectivity index (χ2v) is 8.14. The summed E-state index contributed by atoms with van der Waals surface area (Å²) in [6, 6.07) is 25.8. The molecule has 0 spiro atoms. The van der Waals surface area contributed by atoms with Crippen molar-refractivity contribution >= 4 is 23.4 Å². The minimum absolute atomic E-state index is 0.0781. The van der Waals surface area contributed by atoms with Gasteiger partial charge in [0.1, 0.15) is 6.04 Å². The van der Waals surface area contributed by atoms with Crippen molar-refractivity contribution in [3.05, 3.63) is 107 Å². The van der Waals surface area contributed by atoms with Gasteiger partial charge in [0.05, 0.1) is 0 Å². The average molecular weight is 435 g/mol. The van der Waals surface area contributed by atoms with Crippen LogP contribution in [0.1, 0.15) is 36.6 Å². The van der Waals surface area contributed by atoms with E-state index in [1.807, 2.05) is 92.7 Å². The molecular weight excluding hydrogens is 408 g/mol. The molecule has 0 fully saturated rings. The van der Waals surface area contributed by atoms with Crippen molar-refractivity contribution < 1.29 is 9.59 Å². The predicted octanol–water partition coefficient (Wildman–Crippen LogP) is 5.38. The molecule has 3 rings (SSSR count). The molecule has 0 heterocycles. The monoisotopic (exact) mass is 434 g/mol. The molecule has 160 valence electrons. The van der Waals surface area contributed by atoms with E-state index >= 15 is 0 Å². The van der Waals surface area contributed by atoms with Crippen LogP contribution in [-0.2, 0) is 22.7 Å². The SMILES string of the molecule is CC(C)C(=O)N(Cc1ccccc1)[C@H](C(=O)NCc1ccccc1Cl)c1ccccc1. The van der Waals surface area contributed by atoms with Crippen LogP contribution in [0.5, 0.6) is 0 Å². The Labute approximate surface area is 188 Å². The minimum atomic E-state index is -0.751. The van der Waals surface area contributed by atoms with E-state index in [1.54, 1.807) is 11.0 Å². The van der Waals surface area contributed by atoms with Crippen LogP contribution in [-0.4, -0.2) is 16.7 Å². The second-order valence-electron chi connectivity index (χ2n) is 7.73. The molecule has 0 saturated carbocycles. The minimum Gasteiger partial charge on any atom is -0.350 e. The number of hydrogen-bond donors (Lipinski definition) is 1. The lowest BCUT2D eigenvalue weighted by atomic mass is 10.0. The molecule has 0 aliphatic carbocycles. The summed E-state index contributed by atoms with van der Waals surface area (Å²) in [7, 11) is 0. The zero-order valence-corrected chi connectivity index (χ0v) is 18.5. The van der Waals surface area contributed by atoms with Crippen molar-refractivity contribution in [2.45, 2.75) is 33.0 Å². The van der Waals surface area contributed by atoms with Gasteiger partial charge in [0.2, 0.25) is 11.8 Å². The third-order valence-electron chi connectivity index (χ3n) is 5.06. The molecule has 1 atom stereocenters. The van der Waals surface area contributed by atoms with Crippen LogP contribution < -0.4 is 5.32 Å². The van der Waals surface area contributed by atoms with Crippen molar-refractivity contribution in [2.75, 3.05) is 0 Å². The molecule has 3 aromatic rings. The summed E-state index contributed by atoms with van der Waals surface area (Å²) in [6.45, 7) is 4.34. The summed E-state index contributed by atoms with van der Waals surface area (Å²) in [6.07, 6.45) is 0. The third kappa shape index (κ3) is 5.96. The van der Waals surface area contributed by atoms with Crippen LogP contribution in [0.25, 0.3) is 0 Å². The molecule has 0 aliphatic rings. The van der Waals surface area contributed by atoms with Gasteiger partial charge in [0.15, 0.2) is 0 Å². The van der Waals surface area contributed by atoms with E-state index in [0.29, 0.717) is 11.6 Å². The second kappa shape index (κ2) is 10.8. The number of carbonyl (C=O) groups excluding carboxylic acids is 2. The van der Waals surface area contributed by atoms with E-state index in [1.165, 1.54) is 0 Å². The molecule has 4 nitrogen and oxygen atoms in total. The number of benzene rings is 3. The Kier molecular flexibility index (Phi) is 7.85. The summed E-state index contributed by atoms with van der Waals surface area (Å²) >= 11 is 6.25. The van der Waals surface area contributed by atoms with Gasteiger partial charge in [-0.05, 0) is 22.8 Å². The first-order valence-corrected chi connectivity index (χ1v) is 10.8. The first-order valence-electron chi connectivity index (χ1n) is 10.4.